The maximum absolute atomic E-state index is 13.8. The molecule has 0 radical (unpaired) electrons. The van der Waals surface area contributed by atoms with Crippen LogP contribution in [0.2, 0.25) is 0 Å². The molecule has 3 nitrogen and oxygen atoms in total. The molecule has 0 heterocycles. The first-order valence-electron chi connectivity index (χ1n) is 12.5. The number of hydrogen-bond donors (Lipinski definition) is 1. The number of alkyl halides is 13. The lowest BCUT2D eigenvalue weighted by Crippen LogP contribution is -2.70. The van der Waals surface area contributed by atoms with Gasteiger partial charge in [0.1, 0.15) is 5.75 Å². The van der Waals surface area contributed by atoms with E-state index in [4.69, 9.17) is 14.6 Å². The summed E-state index contributed by atoms with van der Waals surface area (Å²) in [4.78, 5) is 0. The van der Waals surface area contributed by atoms with Crippen molar-refractivity contribution in [3.05, 3.63) is 42.0 Å². The molecule has 0 saturated carbocycles. The number of allylic oxidation sites excluding steroid dienone is 1. The molecular formula is C26H31F13O3. The van der Waals surface area contributed by atoms with Crippen LogP contribution in [-0.2, 0) is 11.3 Å². The van der Waals surface area contributed by atoms with Crippen LogP contribution in [0.25, 0.3) is 0 Å². The first kappa shape index (κ1) is 37.8. The minimum atomic E-state index is -7.90. The van der Waals surface area contributed by atoms with Gasteiger partial charge >= 0.3 is 35.8 Å². The van der Waals surface area contributed by atoms with E-state index < -0.39 is 55.2 Å². The molecule has 1 aromatic rings. The summed E-state index contributed by atoms with van der Waals surface area (Å²) in [5.41, 5.74) is 0.643. The summed E-state index contributed by atoms with van der Waals surface area (Å²) in [5.74, 6) is -36.7. The molecule has 244 valence electrons. The molecule has 1 aromatic carbocycles. The molecule has 16 heteroatoms. The van der Waals surface area contributed by atoms with Gasteiger partial charge in [-0.05, 0) is 49.3 Å². The molecule has 0 aromatic heterocycles. The number of hydrogen-bond acceptors (Lipinski definition) is 3. The largest absolute Gasteiger partial charge is 0.494 e. The van der Waals surface area contributed by atoms with E-state index >= 15 is 0 Å². The van der Waals surface area contributed by atoms with E-state index in [9.17, 15) is 57.1 Å². The normalized spacial score (nSPS) is 16.5. The Labute approximate surface area is 233 Å². The monoisotopic (exact) mass is 638 g/mol. The SMILES string of the molecule is C[C@@H](CO)C/C=C/[C@H](C)[C@@H](C)OCc1ccc(OCCCC(F)(F)C(F)(F)C(F)(F)C(F)(F)C(F)(F)C(F)(F)F)cc1. The van der Waals surface area contributed by atoms with Gasteiger partial charge < -0.3 is 14.6 Å². The van der Waals surface area contributed by atoms with E-state index in [2.05, 4.69) is 0 Å². The Hall–Kier alpha value is -2.23. The van der Waals surface area contributed by atoms with Gasteiger partial charge in [-0.1, -0.05) is 38.1 Å². The van der Waals surface area contributed by atoms with Crippen LogP contribution in [0.15, 0.2) is 36.4 Å². The van der Waals surface area contributed by atoms with E-state index in [-0.39, 0.29) is 36.9 Å². The van der Waals surface area contributed by atoms with Gasteiger partial charge in [0, 0.05) is 13.0 Å². The van der Waals surface area contributed by atoms with Crippen molar-refractivity contribution >= 4 is 0 Å². The smallest absolute Gasteiger partial charge is 0.460 e. The lowest BCUT2D eigenvalue weighted by Gasteiger charge is -2.39. The van der Waals surface area contributed by atoms with E-state index in [1.54, 1.807) is 0 Å². The van der Waals surface area contributed by atoms with E-state index in [1.807, 2.05) is 32.9 Å². The second kappa shape index (κ2) is 14.0. The van der Waals surface area contributed by atoms with Crippen LogP contribution < -0.4 is 4.74 Å². The van der Waals surface area contributed by atoms with E-state index in [1.165, 1.54) is 24.3 Å². The molecule has 3 atom stereocenters. The first-order valence-corrected chi connectivity index (χ1v) is 12.5. The summed E-state index contributed by atoms with van der Waals surface area (Å²) in [6.45, 7) is 5.01. The molecule has 1 N–H and O–H groups in total. The van der Waals surface area contributed by atoms with Crippen molar-refractivity contribution in [3.8, 4) is 5.75 Å². The number of benzene rings is 1. The summed E-state index contributed by atoms with van der Waals surface area (Å²) in [6.07, 6.45) is -6.57. The van der Waals surface area contributed by atoms with Gasteiger partial charge in [-0.15, -0.1) is 0 Å². The predicted molar refractivity (Wildman–Crippen MR) is 125 cm³/mol. The molecule has 0 amide bonds. The number of ether oxygens (including phenoxy) is 2. The highest BCUT2D eigenvalue weighted by Crippen LogP contribution is 2.60. The number of rotatable bonds is 17. The molecule has 0 spiro atoms. The average Bonchev–Trinajstić information content (AvgIpc) is 2.88. The van der Waals surface area contributed by atoms with E-state index in [0.717, 1.165) is 0 Å². The molecule has 0 fully saturated rings. The maximum atomic E-state index is 13.8. The van der Waals surface area contributed by atoms with E-state index in [0.29, 0.717) is 12.0 Å². The van der Waals surface area contributed by atoms with Gasteiger partial charge in [0.25, 0.3) is 0 Å². The Morgan fingerprint density at radius 2 is 1.29 bits per heavy atom. The maximum Gasteiger partial charge on any atom is 0.460 e. The summed E-state index contributed by atoms with van der Waals surface area (Å²) < 4.78 is 182. The number of aliphatic hydroxyl groups is 1. The fraction of sp³-hybridized carbons (Fsp3) is 0.692. The zero-order valence-corrected chi connectivity index (χ0v) is 22.6. The predicted octanol–water partition coefficient (Wildman–Crippen LogP) is 8.70. The quantitative estimate of drug-likeness (QED) is 0.105. The van der Waals surface area contributed by atoms with Gasteiger partial charge in [0.2, 0.25) is 0 Å². The van der Waals surface area contributed by atoms with Crippen LogP contribution in [0.1, 0.15) is 45.6 Å². The third kappa shape index (κ3) is 8.44. The molecule has 42 heavy (non-hydrogen) atoms. The first-order chi connectivity index (χ1) is 19.0. The van der Waals surface area contributed by atoms with Crippen molar-refractivity contribution in [2.75, 3.05) is 13.2 Å². The van der Waals surface area contributed by atoms with Crippen molar-refractivity contribution in [3.63, 3.8) is 0 Å². The summed E-state index contributed by atoms with van der Waals surface area (Å²) in [7, 11) is 0. The standard InChI is InChI=1S/C26H31F13O3/c1-16(14-40)6-4-7-17(2)18(3)42-15-19-8-10-20(11-9-19)41-13-5-12-21(27,28)22(29,30)23(31,32)24(33,34)25(35,36)26(37,38)39/h4,7-11,16-18,40H,5-6,12-15H2,1-3H3/b7-4+/t16-,17+,18-/m1/s1. The third-order valence-electron chi connectivity index (χ3n) is 6.37. The van der Waals surface area contributed by atoms with Gasteiger partial charge in [0.15, 0.2) is 0 Å². The minimum absolute atomic E-state index is 0.00198. The number of halogens is 13. The number of aliphatic hydroxyl groups excluding tert-OH is 1. The summed E-state index contributed by atoms with van der Waals surface area (Å²) in [6, 6.07) is 5.64. The molecule has 0 aliphatic rings. The molecule has 0 bridgehead atoms. The van der Waals surface area contributed by atoms with Crippen molar-refractivity contribution in [1.82, 2.24) is 0 Å². The van der Waals surface area contributed by atoms with Crippen molar-refractivity contribution in [2.24, 2.45) is 11.8 Å². The van der Waals surface area contributed by atoms with Crippen LogP contribution in [0, 0.1) is 11.8 Å². The molecule has 1 rings (SSSR count). The zero-order valence-electron chi connectivity index (χ0n) is 22.6. The van der Waals surface area contributed by atoms with Gasteiger partial charge in [-0.3, -0.25) is 0 Å². The Kier molecular flexibility index (Phi) is 12.6. The lowest BCUT2D eigenvalue weighted by molar-refractivity contribution is -0.440. The third-order valence-corrected chi connectivity index (χ3v) is 6.37. The Morgan fingerprint density at radius 3 is 1.79 bits per heavy atom. The molecule has 0 aliphatic carbocycles. The minimum Gasteiger partial charge on any atom is -0.494 e. The molecule has 0 aliphatic heterocycles. The molecule has 0 saturated heterocycles. The highest BCUT2D eigenvalue weighted by molar-refractivity contribution is 5.27. The van der Waals surface area contributed by atoms with Crippen LogP contribution in [0.5, 0.6) is 5.75 Å². The zero-order chi connectivity index (χ0) is 32.8. The van der Waals surface area contributed by atoms with Gasteiger partial charge in [-0.2, -0.15) is 57.1 Å². The fourth-order valence-electron chi connectivity index (χ4n) is 3.26. The topological polar surface area (TPSA) is 38.7 Å². The van der Waals surface area contributed by atoms with Crippen LogP contribution in [-0.4, -0.2) is 60.2 Å². The van der Waals surface area contributed by atoms with Crippen LogP contribution in [0.4, 0.5) is 57.1 Å². The molecule has 0 unspecified atom stereocenters. The summed E-state index contributed by atoms with van der Waals surface area (Å²) in [5, 5.41) is 9.03. The van der Waals surface area contributed by atoms with Crippen LogP contribution >= 0.6 is 0 Å². The Bertz CT molecular complexity index is 992. The highest BCUT2D eigenvalue weighted by Gasteiger charge is 2.90. The Morgan fingerprint density at radius 1 is 0.762 bits per heavy atom. The highest BCUT2D eigenvalue weighted by atomic mass is 19.4. The second-order valence-electron chi connectivity index (χ2n) is 9.92. The molecular weight excluding hydrogens is 607 g/mol. The van der Waals surface area contributed by atoms with Crippen LogP contribution in [0.3, 0.4) is 0 Å². The lowest BCUT2D eigenvalue weighted by atomic mass is 9.92. The van der Waals surface area contributed by atoms with Crippen molar-refractivity contribution < 1.29 is 71.7 Å². The van der Waals surface area contributed by atoms with Gasteiger partial charge in [0.05, 0.1) is 19.3 Å². The van der Waals surface area contributed by atoms with Gasteiger partial charge in [-0.25, -0.2) is 0 Å². The second-order valence-corrected chi connectivity index (χ2v) is 9.92. The fourth-order valence-corrected chi connectivity index (χ4v) is 3.26. The summed E-state index contributed by atoms with van der Waals surface area (Å²) >= 11 is 0. The average molecular weight is 639 g/mol. The van der Waals surface area contributed by atoms with Crippen molar-refractivity contribution in [2.45, 2.75) is 88.5 Å². The van der Waals surface area contributed by atoms with Crippen molar-refractivity contribution in [1.29, 1.82) is 0 Å². The Balaban J connectivity index is 2.70.